The first-order valence-electron chi connectivity index (χ1n) is 6.08. The van der Waals surface area contributed by atoms with Crippen molar-refractivity contribution in [2.45, 2.75) is 20.4 Å². The van der Waals surface area contributed by atoms with Crippen molar-refractivity contribution >= 4 is 11.5 Å². The summed E-state index contributed by atoms with van der Waals surface area (Å²) in [5.74, 6) is 1.75. The zero-order valence-electron chi connectivity index (χ0n) is 10.8. The van der Waals surface area contributed by atoms with Crippen LogP contribution in [0.4, 0.5) is 11.5 Å². The van der Waals surface area contributed by atoms with Gasteiger partial charge in [-0.2, -0.15) is 0 Å². The van der Waals surface area contributed by atoms with Gasteiger partial charge in [-0.05, 0) is 37.6 Å². The Kier molecular flexibility index (Phi) is 3.77. The van der Waals surface area contributed by atoms with Gasteiger partial charge in [0, 0.05) is 25.0 Å². The molecule has 1 aromatic carbocycles. The quantitative estimate of drug-likeness (QED) is 0.836. The number of rotatable bonds is 4. The van der Waals surface area contributed by atoms with Crippen LogP contribution in [0.3, 0.4) is 0 Å². The lowest BCUT2D eigenvalue weighted by Gasteiger charge is -2.22. The van der Waals surface area contributed by atoms with Crippen LogP contribution in [-0.2, 0) is 6.54 Å². The summed E-state index contributed by atoms with van der Waals surface area (Å²) >= 11 is 0. The summed E-state index contributed by atoms with van der Waals surface area (Å²) in [6, 6.07) is 9.88. The minimum Gasteiger partial charge on any atom is -0.399 e. The van der Waals surface area contributed by atoms with E-state index in [1.165, 1.54) is 5.56 Å². The van der Waals surface area contributed by atoms with Crippen molar-refractivity contribution in [3.05, 3.63) is 47.9 Å². The highest BCUT2D eigenvalue weighted by atomic mass is 15.2. The number of hydrogen-bond donors (Lipinski definition) is 1. The number of anilines is 2. The van der Waals surface area contributed by atoms with Crippen LogP contribution >= 0.6 is 0 Å². The lowest BCUT2D eigenvalue weighted by Crippen LogP contribution is -2.23. The Labute approximate surface area is 107 Å². The second-order valence-electron chi connectivity index (χ2n) is 4.22. The molecule has 0 bridgehead atoms. The van der Waals surface area contributed by atoms with Gasteiger partial charge in [-0.3, -0.25) is 0 Å². The van der Waals surface area contributed by atoms with Gasteiger partial charge < -0.3 is 10.6 Å². The normalized spacial score (nSPS) is 10.3. The molecule has 2 N–H and O–H groups in total. The molecule has 4 heteroatoms. The summed E-state index contributed by atoms with van der Waals surface area (Å²) in [5, 5.41) is 0. The number of nitrogen functional groups attached to an aromatic ring is 1. The smallest absolute Gasteiger partial charge is 0.132 e. The molecule has 1 heterocycles. The molecule has 1 aromatic heterocycles. The molecule has 2 rings (SSSR count). The van der Waals surface area contributed by atoms with Gasteiger partial charge in [0.15, 0.2) is 0 Å². The molecule has 0 spiro atoms. The molecule has 0 aliphatic rings. The highest BCUT2D eigenvalue weighted by Crippen LogP contribution is 2.14. The lowest BCUT2D eigenvalue weighted by molar-refractivity contribution is 0.804. The van der Waals surface area contributed by atoms with Gasteiger partial charge in [0.2, 0.25) is 0 Å². The van der Waals surface area contributed by atoms with E-state index in [9.17, 15) is 0 Å². The van der Waals surface area contributed by atoms with Crippen molar-refractivity contribution in [1.82, 2.24) is 9.97 Å². The lowest BCUT2D eigenvalue weighted by atomic mass is 10.2. The van der Waals surface area contributed by atoms with Crippen LogP contribution < -0.4 is 10.6 Å². The zero-order valence-corrected chi connectivity index (χ0v) is 10.8. The number of aromatic nitrogens is 2. The standard InChI is InChI=1S/C14H18N4/c1-3-18(14-8-9-16-11(2)17-14)10-12-4-6-13(15)7-5-12/h4-9H,3,10,15H2,1-2H3. The van der Waals surface area contributed by atoms with Crippen LogP contribution in [0.1, 0.15) is 18.3 Å². The molecule has 0 saturated heterocycles. The predicted octanol–water partition coefficient (Wildman–Crippen LogP) is 2.39. The largest absolute Gasteiger partial charge is 0.399 e. The molecule has 18 heavy (non-hydrogen) atoms. The van der Waals surface area contributed by atoms with Crippen molar-refractivity contribution in [2.24, 2.45) is 0 Å². The maximum atomic E-state index is 5.69. The average Bonchev–Trinajstić information content (AvgIpc) is 2.38. The fourth-order valence-electron chi connectivity index (χ4n) is 1.82. The van der Waals surface area contributed by atoms with Gasteiger partial charge in [-0.25, -0.2) is 9.97 Å². The molecular weight excluding hydrogens is 224 g/mol. The second-order valence-corrected chi connectivity index (χ2v) is 4.22. The topological polar surface area (TPSA) is 55.0 Å². The molecule has 4 nitrogen and oxygen atoms in total. The van der Waals surface area contributed by atoms with Gasteiger partial charge >= 0.3 is 0 Å². The predicted molar refractivity (Wildman–Crippen MR) is 74.3 cm³/mol. The SMILES string of the molecule is CCN(Cc1ccc(N)cc1)c1ccnc(C)n1. The number of nitrogens with two attached hydrogens (primary N) is 1. The summed E-state index contributed by atoms with van der Waals surface area (Å²) in [5.41, 5.74) is 7.70. The Bertz CT molecular complexity index is 507. The van der Waals surface area contributed by atoms with E-state index in [2.05, 4.69) is 21.8 Å². The Hall–Kier alpha value is -2.10. The fourth-order valence-corrected chi connectivity index (χ4v) is 1.82. The van der Waals surface area contributed by atoms with Crippen LogP contribution in [0.5, 0.6) is 0 Å². The van der Waals surface area contributed by atoms with Gasteiger partial charge in [0.25, 0.3) is 0 Å². The van der Waals surface area contributed by atoms with E-state index < -0.39 is 0 Å². The number of hydrogen-bond acceptors (Lipinski definition) is 4. The maximum absolute atomic E-state index is 5.69. The molecule has 0 radical (unpaired) electrons. The third-order valence-corrected chi connectivity index (χ3v) is 2.82. The third-order valence-electron chi connectivity index (χ3n) is 2.82. The van der Waals surface area contributed by atoms with Crippen molar-refractivity contribution in [3.8, 4) is 0 Å². The Morgan fingerprint density at radius 2 is 1.89 bits per heavy atom. The van der Waals surface area contributed by atoms with E-state index in [1.807, 2.05) is 37.3 Å². The van der Waals surface area contributed by atoms with Gasteiger partial charge in [-0.15, -0.1) is 0 Å². The Balaban J connectivity index is 2.17. The number of benzene rings is 1. The first kappa shape index (κ1) is 12.4. The monoisotopic (exact) mass is 242 g/mol. The van der Waals surface area contributed by atoms with Gasteiger partial charge in [-0.1, -0.05) is 12.1 Å². The average molecular weight is 242 g/mol. The van der Waals surface area contributed by atoms with E-state index >= 15 is 0 Å². The molecule has 0 aliphatic heterocycles. The molecule has 0 aliphatic carbocycles. The fraction of sp³-hybridized carbons (Fsp3) is 0.286. The van der Waals surface area contributed by atoms with E-state index in [-0.39, 0.29) is 0 Å². The van der Waals surface area contributed by atoms with E-state index in [0.29, 0.717) is 0 Å². The van der Waals surface area contributed by atoms with Gasteiger partial charge in [0.05, 0.1) is 0 Å². The van der Waals surface area contributed by atoms with Crippen LogP contribution in [0, 0.1) is 6.92 Å². The van der Waals surface area contributed by atoms with E-state index in [4.69, 9.17) is 5.73 Å². The second kappa shape index (κ2) is 5.49. The minimum absolute atomic E-state index is 0.791. The maximum Gasteiger partial charge on any atom is 0.132 e. The third kappa shape index (κ3) is 2.97. The van der Waals surface area contributed by atoms with Crippen LogP contribution in [0.2, 0.25) is 0 Å². The van der Waals surface area contributed by atoms with E-state index in [1.54, 1.807) is 6.20 Å². The summed E-state index contributed by atoms with van der Waals surface area (Å²) in [7, 11) is 0. The first-order chi connectivity index (χ1) is 8.69. The summed E-state index contributed by atoms with van der Waals surface area (Å²) < 4.78 is 0. The highest BCUT2D eigenvalue weighted by molar-refractivity contribution is 5.42. The van der Waals surface area contributed by atoms with Crippen molar-refractivity contribution < 1.29 is 0 Å². The van der Waals surface area contributed by atoms with E-state index in [0.717, 1.165) is 30.4 Å². The summed E-state index contributed by atoms with van der Waals surface area (Å²) in [6.07, 6.45) is 1.79. The highest BCUT2D eigenvalue weighted by Gasteiger charge is 2.06. The van der Waals surface area contributed by atoms with Crippen molar-refractivity contribution in [1.29, 1.82) is 0 Å². The molecule has 0 unspecified atom stereocenters. The zero-order chi connectivity index (χ0) is 13.0. The Morgan fingerprint density at radius 3 is 2.50 bits per heavy atom. The van der Waals surface area contributed by atoms with Crippen LogP contribution in [-0.4, -0.2) is 16.5 Å². The Morgan fingerprint density at radius 1 is 1.17 bits per heavy atom. The van der Waals surface area contributed by atoms with Crippen LogP contribution in [0.15, 0.2) is 36.5 Å². The first-order valence-corrected chi connectivity index (χ1v) is 6.08. The van der Waals surface area contributed by atoms with Gasteiger partial charge in [0.1, 0.15) is 11.6 Å². The molecule has 0 atom stereocenters. The molecular formula is C14H18N4. The van der Waals surface area contributed by atoms with Crippen molar-refractivity contribution in [2.75, 3.05) is 17.2 Å². The summed E-state index contributed by atoms with van der Waals surface area (Å²) in [6.45, 7) is 5.75. The minimum atomic E-state index is 0.791. The number of nitrogens with zero attached hydrogens (tertiary/aromatic N) is 3. The molecule has 0 saturated carbocycles. The molecule has 0 amide bonds. The van der Waals surface area contributed by atoms with Crippen molar-refractivity contribution in [3.63, 3.8) is 0 Å². The van der Waals surface area contributed by atoms with Crippen LogP contribution in [0.25, 0.3) is 0 Å². The molecule has 0 fully saturated rings. The molecule has 2 aromatic rings. The number of aryl methyl sites for hydroxylation is 1. The summed E-state index contributed by atoms with van der Waals surface area (Å²) in [4.78, 5) is 10.8. The molecule has 94 valence electrons.